The van der Waals surface area contributed by atoms with Crippen molar-refractivity contribution in [3.8, 4) is 11.3 Å². The van der Waals surface area contributed by atoms with Crippen LogP contribution in [0.15, 0.2) is 47.0 Å². The molecule has 3 aromatic heterocycles. The van der Waals surface area contributed by atoms with Crippen molar-refractivity contribution in [2.24, 2.45) is 0 Å². The van der Waals surface area contributed by atoms with Crippen molar-refractivity contribution < 1.29 is 14.0 Å². The molecular formula is C24H25N5O3. The summed E-state index contributed by atoms with van der Waals surface area (Å²) < 4.78 is 7.48. The Morgan fingerprint density at radius 1 is 1.06 bits per heavy atom. The van der Waals surface area contributed by atoms with E-state index in [2.05, 4.69) is 15.7 Å². The molecule has 4 aromatic rings. The summed E-state index contributed by atoms with van der Waals surface area (Å²) in [5.41, 5.74) is 3.74. The van der Waals surface area contributed by atoms with Gasteiger partial charge in [-0.3, -0.25) is 9.59 Å². The van der Waals surface area contributed by atoms with Crippen LogP contribution in [0, 0.1) is 13.8 Å². The van der Waals surface area contributed by atoms with E-state index in [9.17, 15) is 9.59 Å². The highest BCUT2D eigenvalue weighted by Gasteiger charge is 2.20. The Kier molecular flexibility index (Phi) is 5.52. The maximum absolute atomic E-state index is 13.3. The van der Waals surface area contributed by atoms with Crippen LogP contribution >= 0.6 is 0 Å². The second-order valence-corrected chi connectivity index (χ2v) is 8.02. The van der Waals surface area contributed by atoms with Gasteiger partial charge in [0, 0.05) is 29.9 Å². The minimum atomic E-state index is -0.292. The minimum Gasteiger partial charge on any atom is -0.466 e. The predicted molar refractivity (Wildman–Crippen MR) is 124 cm³/mol. The summed E-state index contributed by atoms with van der Waals surface area (Å²) in [7, 11) is 0. The summed E-state index contributed by atoms with van der Waals surface area (Å²) >= 11 is 0. The molecule has 1 aromatic carbocycles. The largest absolute Gasteiger partial charge is 0.466 e. The molecule has 3 heterocycles. The van der Waals surface area contributed by atoms with Crippen LogP contribution in [0.5, 0.6) is 0 Å². The Labute approximate surface area is 185 Å². The first-order chi connectivity index (χ1) is 15.2. The van der Waals surface area contributed by atoms with Gasteiger partial charge >= 0.3 is 0 Å². The van der Waals surface area contributed by atoms with Gasteiger partial charge < -0.3 is 15.1 Å². The minimum absolute atomic E-state index is 0.0766. The highest BCUT2D eigenvalue weighted by molar-refractivity contribution is 6.12. The number of furan rings is 1. The summed E-state index contributed by atoms with van der Waals surface area (Å²) in [4.78, 5) is 29.5. The molecule has 0 atom stereocenters. The van der Waals surface area contributed by atoms with Gasteiger partial charge in [0.2, 0.25) is 5.91 Å². The van der Waals surface area contributed by atoms with Crippen molar-refractivity contribution in [1.29, 1.82) is 0 Å². The van der Waals surface area contributed by atoms with Gasteiger partial charge in [-0.1, -0.05) is 6.07 Å². The van der Waals surface area contributed by atoms with Crippen LogP contribution in [0.1, 0.15) is 48.7 Å². The summed E-state index contributed by atoms with van der Waals surface area (Å²) in [5, 5.41) is 10.8. The first-order valence-electron chi connectivity index (χ1n) is 10.4. The number of fused-ring (bicyclic) bond motifs is 1. The highest BCUT2D eigenvalue weighted by atomic mass is 16.3. The van der Waals surface area contributed by atoms with E-state index in [1.807, 2.05) is 33.8 Å². The number of amides is 2. The van der Waals surface area contributed by atoms with Crippen molar-refractivity contribution in [1.82, 2.24) is 14.8 Å². The lowest BCUT2D eigenvalue weighted by atomic mass is 10.1. The van der Waals surface area contributed by atoms with Crippen molar-refractivity contribution in [2.45, 2.75) is 40.7 Å². The van der Waals surface area contributed by atoms with Gasteiger partial charge in [-0.25, -0.2) is 9.67 Å². The van der Waals surface area contributed by atoms with Crippen LogP contribution in [0.2, 0.25) is 0 Å². The van der Waals surface area contributed by atoms with Crippen molar-refractivity contribution in [2.75, 3.05) is 10.6 Å². The highest BCUT2D eigenvalue weighted by Crippen LogP contribution is 2.30. The van der Waals surface area contributed by atoms with Gasteiger partial charge in [-0.2, -0.15) is 5.10 Å². The number of nitrogens with one attached hydrogen (secondary N) is 2. The molecule has 8 nitrogen and oxygen atoms in total. The maximum Gasteiger partial charge on any atom is 0.256 e. The molecule has 0 radical (unpaired) electrons. The number of benzene rings is 1. The van der Waals surface area contributed by atoms with Gasteiger partial charge in [0.15, 0.2) is 5.65 Å². The van der Waals surface area contributed by atoms with Gasteiger partial charge in [0.1, 0.15) is 11.5 Å². The van der Waals surface area contributed by atoms with E-state index in [0.717, 1.165) is 17.1 Å². The second-order valence-electron chi connectivity index (χ2n) is 8.02. The van der Waals surface area contributed by atoms with E-state index in [-0.39, 0.29) is 17.9 Å². The third-order valence-corrected chi connectivity index (χ3v) is 5.06. The molecule has 32 heavy (non-hydrogen) atoms. The number of pyridine rings is 1. The molecule has 0 aliphatic rings. The smallest absolute Gasteiger partial charge is 0.256 e. The average Bonchev–Trinajstić information content (AvgIpc) is 3.29. The number of aromatic nitrogens is 3. The molecule has 8 heteroatoms. The van der Waals surface area contributed by atoms with Gasteiger partial charge in [-0.05, 0) is 58.0 Å². The van der Waals surface area contributed by atoms with E-state index >= 15 is 0 Å². The topological polar surface area (TPSA) is 102 Å². The van der Waals surface area contributed by atoms with Crippen LogP contribution in [-0.2, 0) is 4.79 Å². The van der Waals surface area contributed by atoms with E-state index in [4.69, 9.17) is 9.40 Å². The summed E-state index contributed by atoms with van der Waals surface area (Å²) in [6.07, 6.45) is 1.67. The molecule has 2 amide bonds. The fourth-order valence-electron chi connectivity index (χ4n) is 3.68. The Morgan fingerprint density at radius 3 is 2.41 bits per heavy atom. The zero-order chi connectivity index (χ0) is 23.0. The van der Waals surface area contributed by atoms with E-state index in [1.165, 1.54) is 6.92 Å². The number of carbonyl (C=O) groups is 2. The molecule has 0 fully saturated rings. The van der Waals surface area contributed by atoms with Crippen LogP contribution in [0.4, 0.5) is 11.4 Å². The molecular weight excluding hydrogens is 406 g/mol. The lowest BCUT2D eigenvalue weighted by molar-refractivity contribution is -0.114. The molecule has 0 saturated carbocycles. The molecule has 0 aliphatic carbocycles. The predicted octanol–water partition coefficient (Wildman–Crippen LogP) is 5.10. The zero-order valence-electron chi connectivity index (χ0n) is 18.7. The standard InChI is InChI=1S/C24H25N5O3/c1-13(2)29-23-21(12-25-29)20(11-22(28-23)19-9-14(3)32-15(19)4)24(31)27-18-8-6-7-17(10-18)26-16(5)30/h6-13H,1-5H3,(H,26,30)(H,27,31). The lowest BCUT2D eigenvalue weighted by Gasteiger charge is -2.11. The number of aryl methyl sites for hydroxylation is 2. The van der Waals surface area contributed by atoms with Crippen LogP contribution in [0.3, 0.4) is 0 Å². The van der Waals surface area contributed by atoms with Gasteiger partial charge in [-0.15, -0.1) is 0 Å². The third kappa shape index (κ3) is 4.12. The fourth-order valence-corrected chi connectivity index (χ4v) is 3.68. The Morgan fingerprint density at radius 2 is 1.78 bits per heavy atom. The van der Waals surface area contributed by atoms with Crippen molar-refractivity contribution in [3.63, 3.8) is 0 Å². The van der Waals surface area contributed by atoms with E-state index in [1.54, 1.807) is 41.2 Å². The lowest BCUT2D eigenvalue weighted by Crippen LogP contribution is -2.14. The number of hydrogen-bond acceptors (Lipinski definition) is 5. The molecule has 0 aliphatic heterocycles. The number of rotatable bonds is 5. The Bertz CT molecular complexity index is 1330. The molecule has 4 rings (SSSR count). The fraction of sp³-hybridized carbons (Fsp3) is 0.250. The normalized spacial score (nSPS) is 11.2. The SMILES string of the molecule is CC(=O)Nc1cccc(NC(=O)c2cc(-c3cc(C)oc3C)nc3c2cnn3C(C)C)c1. The quantitative estimate of drug-likeness (QED) is 0.458. The number of carbonyl (C=O) groups excluding carboxylic acids is 2. The monoisotopic (exact) mass is 431 g/mol. The van der Waals surface area contributed by atoms with Crippen LogP contribution in [0.25, 0.3) is 22.3 Å². The number of nitrogens with zero attached hydrogens (tertiary/aromatic N) is 3. The van der Waals surface area contributed by atoms with E-state index in [0.29, 0.717) is 33.7 Å². The molecule has 0 unspecified atom stereocenters. The number of anilines is 2. The van der Waals surface area contributed by atoms with E-state index < -0.39 is 0 Å². The molecule has 0 bridgehead atoms. The first-order valence-corrected chi connectivity index (χ1v) is 10.4. The Balaban J connectivity index is 1.79. The summed E-state index contributed by atoms with van der Waals surface area (Å²) in [6.45, 7) is 9.22. The maximum atomic E-state index is 13.3. The zero-order valence-corrected chi connectivity index (χ0v) is 18.7. The average molecular weight is 431 g/mol. The second kappa shape index (κ2) is 8.30. The third-order valence-electron chi connectivity index (χ3n) is 5.06. The first kappa shape index (κ1) is 21.3. The van der Waals surface area contributed by atoms with Gasteiger partial charge in [0.25, 0.3) is 5.91 Å². The molecule has 0 saturated heterocycles. The van der Waals surface area contributed by atoms with Crippen LogP contribution < -0.4 is 10.6 Å². The molecule has 2 N–H and O–H groups in total. The number of hydrogen-bond donors (Lipinski definition) is 2. The van der Waals surface area contributed by atoms with Crippen molar-refractivity contribution >= 4 is 34.2 Å². The summed E-state index contributed by atoms with van der Waals surface area (Å²) in [6, 6.07) is 10.8. The molecule has 164 valence electrons. The van der Waals surface area contributed by atoms with Gasteiger partial charge in [0.05, 0.1) is 22.8 Å². The van der Waals surface area contributed by atoms with Crippen molar-refractivity contribution in [3.05, 3.63) is 59.7 Å². The Hall–Kier alpha value is -3.94. The van der Waals surface area contributed by atoms with Crippen LogP contribution in [-0.4, -0.2) is 26.6 Å². The summed E-state index contributed by atoms with van der Waals surface area (Å²) in [5.74, 6) is 1.04. The molecule has 0 spiro atoms.